The minimum atomic E-state index is -4.38. The molecule has 0 fully saturated rings. The van der Waals surface area contributed by atoms with Crippen molar-refractivity contribution < 1.29 is 27.4 Å². The van der Waals surface area contributed by atoms with Gasteiger partial charge in [0.2, 0.25) is 12.7 Å². The Morgan fingerprint density at radius 3 is 2.42 bits per heavy atom. The van der Waals surface area contributed by atoms with Crippen LogP contribution in [0, 0.1) is 5.92 Å². The number of anilines is 2. The molecule has 8 heteroatoms. The number of nitrogen functional groups attached to an aromatic ring is 1. The zero-order valence-corrected chi connectivity index (χ0v) is 13.9. The Bertz CT molecular complexity index is 820. The van der Waals surface area contributed by atoms with Crippen LogP contribution in [0.1, 0.15) is 18.1 Å². The van der Waals surface area contributed by atoms with Gasteiger partial charge < -0.3 is 20.5 Å². The van der Waals surface area contributed by atoms with Gasteiger partial charge in [-0.2, -0.15) is 13.2 Å². The average Bonchev–Trinajstić information content (AvgIpc) is 3.01. The van der Waals surface area contributed by atoms with Crippen molar-refractivity contribution in [3.8, 4) is 11.5 Å². The highest BCUT2D eigenvalue weighted by Gasteiger charge is 2.30. The fraction of sp³-hybridized carbons (Fsp3) is 0.278. The number of carbonyl (C=O) groups excluding carboxylic acids is 1. The molecule has 3 N–H and O–H groups in total. The van der Waals surface area contributed by atoms with E-state index in [1.54, 1.807) is 19.1 Å². The second-order valence-corrected chi connectivity index (χ2v) is 6.08. The highest BCUT2D eigenvalue weighted by Crippen LogP contribution is 2.38. The number of benzene rings is 2. The molecule has 1 aliphatic heterocycles. The molecule has 0 spiro atoms. The first-order valence-electron chi connectivity index (χ1n) is 7.90. The monoisotopic (exact) mass is 366 g/mol. The van der Waals surface area contributed by atoms with Crippen molar-refractivity contribution in [2.75, 3.05) is 17.8 Å². The normalized spacial score (nSPS) is 14.2. The maximum absolute atomic E-state index is 12.6. The zero-order chi connectivity index (χ0) is 18.9. The van der Waals surface area contributed by atoms with E-state index in [2.05, 4.69) is 5.32 Å². The number of halogens is 3. The van der Waals surface area contributed by atoms with E-state index in [1.165, 1.54) is 12.1 Å². The molecule has 0 radical (unpaired) electrons. The Kier molecular flexibility index (Phi) is 4.67. The van der Waals surface area contributed by atoms with Gasteiger partial charge >= 0.3 is 6.18 Å². The topological polar surface area (TPSA) is 73.6 Å². The van der Waals surface area contributed by atoms with Crippen molar-refractivity contribution in [2.45, 2.75) is 19.5 Å². The van der Waals surface area contributed by atoms with Gasteiger partial charge in [-0.25, -0.2) is 0 Å². The van der Waals surface area contributed by atoms with Crippen LogP contribution in [0.25, 0.3) is 0 Å². The molecule has 3 rings (SSSR count). The predicted octanol–water partition coefficient (Wildman–Crippen LogP) is 3.83. The summed E-state index contributed by atoms with van der Waals surface area (Å²) in [5.74, 6) is 0.246. The molecule has 26 heavy (non-hydrogen) atoms. The number of nitrogens with one attached hydrogen (secondary N) is 1. The zero-order valence-electron chi connectivity index (χ0n) is 13.9. The van der Waals surface area contributed by atoms with Crippen molar-refractivity contribution in [1.29, 1.82) is 0 Å². The maximum atomic E-state index is 12.6. The number of nitrogens with two attached hydrogens (primary N) is 1. The molecule has 1 amide bonds. The second kappa shape index (κ2) is 6.78. The third-order valence-corrected chi connectivity index (χ3v) is 4.07. The van der Waals surface area contributed by atoms with Crippen LogP contribution in [0.4, 0.5) is 24.5 Å². The largest absolute Gasteiger partial charge is 0.454 e. The van der Waals surface area contributed by atoms with Gasteiger partial charge in [-0.1, -0.05) is 19.1 Å². The van der Waals surface area contributed by atoms with E-state index >= 15 is 0 Å². The number of hydrogen-bond acceptors (Lipinski definition) is 4. The molecule has 0 bridgehead atoms. The first-order valence-corrected chi connectivity index (χ1v) is 7.90. The molecule has 2 aromatic rings. The van der Waals surface area contributed by atoms with Crippen molar-refractivity contribution in [1.82, 2.24) is 0 Å². The minimum Gasteiger partial charge on any atom is -0.454 e. The number of hydrogen-bond donors (Lipinski definition) is 2. The lowest BCUT2D eigenvalue weighted by Crippen LogP contribution is -2.22. The van der Waals surface area contributed by atoms with Crippen LogP contribution in [0.3, 0.4) is 0 Å². The molecule has 5 nitrogen and oxygen atoms in total. The molecule has 0 saturated carbocycles. The Hall–Kier alpha value is -2.90. The Morgan fingerprint density at radius 2 is 1.81 bits per heavy atom. The molecular weight excluding hydrogens is 349 g/mol. The summed E-state index contributed by atoms with van der Waals surface area (Å²) in [4.78, 5) is 12.4. The molecule has 0 saturated heterocycles. The molecule has 1 heterocycles. The molecule has 1 atom stereocenters. The quantitative estimate of drug-likeness (QED) is 0.807. The summed E-state index contributed by atoms with van der Waals surface area (Å²) in [6.07, 6.45) is -4.08. The SMILES string of the molecule is CC(Cc1ccc(C(F)(F)F)cc1)C(=O)Nc1cc2c(cc1N)OCO2. The summed E-state index contributed by atoms with van der Waals surface area (Å²) in [5, 5.41) is 2.72. The van der Waals surface area contributed by atoms with Crippen molar-refractivity contribution in [3.05, 3.63) is 47.5 Å². The van der Waals surface area contributed by atoms with E-state index < -0.39 is 17.7 Å². The number of amides is 1. The van der Waals surface area contributed by atoms with Crippen LogP contribution in [0.2, 0.25) is 0 Å². The fourth-order valence-corrected chi connectivity index (χ4v) is 2.60. The van der Waals surface area contributed by atoms with Gasteiger partial charge in [0, 0.05) is 18.1 Å². The van der Waals surface area contributed by atoms with Gasteiger partial charge in [0.15, 0.2) is 11.5 Å². The molecule has 0 aromatic heterocycles. The Morgan fingerprint density at radius 1 is 1.19 bits per heavy atom. The Balaban J connectivity index is 1.65. The summed E-state index contributed by atoms with van der Waals surface area (Å²) in [7, 11) is 0. The van der Waals surface area contributed by atoms with E-state index in [0.29, 0.717) is 34.9 Å². The smallest absolute Gasteiger partial charge is 0.416 e. The first kappa shape index (κ1) is 17.9. The minimum absolute atomic E-state index is 0.0937. The van der Waals surface area contributed by atoms with E-state index in [9.17, 15) is 18.0 Å². The molecule has 138 valence electrons. The number of rotatable bonds is 4. The highest BCUT2D eigenvalue weighted by atomic mass is 19.4. The number of fused-ring (bicyclic) bond motifs is 1. The van der Waals surface area contributed by atoms with Crippen LogP contribution < -0.4 is 20.5 Å². The van der Waals surface area contributed by atoms with E-state index in [1.807, 2.05) is 0 Å². The van der Waals surface area contributed by atoms with E-state index in [0.717, 1.165) is 12.1 Å². The van der Waals surface area contributed by atoms with Gasteiger partial charge in [-0.3, -0.25) is 4.79 Å². The average molecular weight is 366 g/mol. The van der Waals surface area contributed by atoms with Crippen molar-refractivity contribution in [3.63, 3.8) is 0 Å². The molecule has 1 aliphatic rings. The first-order chi connectivity index (χ1) is 12.2. The summed E-state index contributed by atoms with van der Waals surface area (Å²) in [6.45, 7) is 1.78. The summed E-state index contributed by atoms with van der Waals surface area (Å²) in [6, 6.07) is 7.92. The van der Waals surface area contributed by atoms with Crippen molar-refractivity contribution >= 4 is 17.3 Å². The van der Waals surface area contributed by atoms with Gasteiger partial charge in [0.25, 0.3) is 0 Å². The highest BCUT2D eigenvalue weighted by molar-refractivity contribution is 5.96. The van der Waals surface area contributed by atoms with Gasteiger partial charge in [0.1, 0.15) is 0 Å². The van der Waals surface area contributed by atoms with Gasteiger partial charge in [-0.05, 0) is 24.1 Å². The third-order valence-electron chi connectivity index (χ3n) is 4.07. The molecular formula is C18H17F3N2O3. The van der Waals surface area contributed by atoms with Crippen LogP contribution in [-0.4, -0.2) is 12.7 Å². The Labute approximate surface area is 147 Å². The summed E-state index contributed by atoms with van der Waals surface area (Å²) < 4.78 is 48.2. The lowest BCUT2D eigenvalue weighted by atomic mass is 9.99. The molecule has 2 aromatic carbocycles. The van der Waals surface area contributed by atoms with Crippen LogP contribution in [0.5, 0.6) is 11.5 Å². The lowest BCUT2D eigenvalue weighted by Gasteiger charge is -2.15. The van der Waals surface area contributed by atoms with Crippen LogP contribution in [-0.2, 0) is 17.4 Å². The van der Waals surface area contributed by atoms with Crippen molar-refractivity contribution in [2.24, 2.45) is 5.92 Å². The van der Waals surface area contributed by atoms with E-state index in [-0.39, 0.29) is 12.7 Å². The van der Waals surface area contributed by atoms with Crippen LogP contribution >= 0.6 is 0 Å². The standard InChI is InChI=1S/C18H17F3N2O3/c1-10(6-11-2-4-12(5-3-11)18(19,20)21)17(24)23-14-8-16-15(7-13(14)22)25-9-26-16/h2-5,7-8,10H,6,9,22H2,1H3,(H,23,24). The number of carbonyl (C=O) groups is 1. The van der Waals surface area contributed by atoms with E-state index in [4.69, 9.17) is 15.2 Å². The maximum Gasteiger partial charge on any atom is 0.416 e. The summed E-state index contributed by atoms with van der Waals surface area (Å²) >= 11 is 0. The number of alkyl halides is 3. The third kappa shape index (κ3) is 3.84. The predicted molar refractivity (Wildman–Crippen MR) is 89.9 cm³/mol. The molecule has 0 aliphatic carbocycles. The lowest BCUT2D eigenvalue weighted by molar-refractivity contribution is -0.137. The molecule has 1 unspecified atom stereocenters. The van der Waals surface area contributed by atoms with Gasteiger partial charge in [0.05, 0.1) is 16.9 Å². The van der Waals surface area contributed by atoms with Gasteiger partial charge in [-0.15, -0.1) is 0 Å². The fourth-order valence-electron chi connectivity index (χ4n) is 2.60. The number of ether oxygens (including phenoxy) is 2. The summed E-state index contributed by atoms with van der Waals surface area (Å²) in [5.41, 5.74) is 6.56. The second-order valence-electron chi connectivity index (χ2n) is 6.08. The van der Waals surface area contributed by atoms with Crippen LogP contribution in [0.15, 0.2) is 36.4 Å².